The smallest absolute Gasteiger partial charge is 0.289 e. The molecule has 0 bridgehead atoms. The van der Waals surface area contributed by atoms with Gasteiger partial charge in [-0.15, -0.1) is 11.3 Å². The molecule has 0 aliphatic carbocycles. The summed E-state index contributed by atoms with van der Waals surface area (Å²) in [6.07, 6.45) is 0. The molecule has 0 saturated carbocycles. The second-order valence-electron chi connectivity index (χ2n) is 7.85. The van der Waals surface area contributed by atoms with Crippen molar-refractivity contribution in [2.45, 2.75) is 19.9 Å². The van der Waals surface area contributed by atoms with Crippen LogP contribution in [0.2, 0.25) is 0 Å². The number of aromatic nitrogens is 1. The fraction of sp³-hybridized carbons (Fsp3) is 0.455. The van der Waals surface area contributed by atoms with Gasteiger partial charge < -0.3 is 24.4 Å². The number of hydrogen-bond acceptors (Lipinski definition) is 9. The number of rotatable bonds is 8. The maximum atomic E-state index is 12.8. The molecule has 1 aromatic carbocycles. The second-order valence-corrected chi connectivity index (χ2v) is 8.69. The Morgan fingerprint density at radius 1 is 1.03 bits per heavy atom. The Morgan fingerprint density at radius 2 is 1.68 bits per heavy atom. The van der Waals surface area contributed by atoms with Crippen molar-refractivity contribution in [2.75, 3.05) is 45.4 Å². The predicted octanol–water partition coefficient (Wildman–Crippen LogP) is 1.21. The van der Waals surface area contributed by atoms with Gasteiger partial charge in [-0.05, 0) is 18.1 Å². The number of thiazole rings is 1. The molecule has 184 valence electrons. The number of nitrogens with one attached hydrogen (secondary N) is 3. The van der Waals surface area contributed by atoms with Gasteiger partial charge in [-0.25, -0.2) is 4.98 Å². The molecule has 2 heterocycles. The normalized spacial score (nSPS) is 14.3. The van der Waals surface area contributed by atoms with E-state index < -0.39 is 23.8 Å². The molecule has 2 aromatic rings. The Morgan fingerprint density at radius 3 is 2.26 bits per heavy atom. The van der Waals surface area contributed by atoms with Gasteiger partial charge in [0, 0.05) is 30.1 Å². The number of anilines is 1. The monoisotopic (exact) mass is 491 g/mol. The van der Waals surface area contributed by atoms with Crippen LogP contribution in [0, 0.1) is 5.92 Å². The van der Waals surface area contributed by atoms with Gasteiger partial charge in [0.2, 0.25) is 0 Å². The zero-order valence-electron chi connectivity index (χ0n) is 19.5. The fourth-order valence-corrected chi connectivity index (χ4v) is 4.09. The van der Waals surface area contributed by atoms with Crippen LogP contribution in [0.5, 0.6) is 11.5 Å². The Kier molecular flexibility index (Phi) is 8.66. The minimum Gasteiger partial charge on any atom is -0.497 e. The van der Waals surface area contributed by atoms with Crippen molar-refractivity contribution in [3.63, 3.8) is 0 Å². The number of nitrogens with zero attached hydrogens (tertiary/aromatic N) is 2. The number of methoxy groups -OCH3 is 2. The second kappa shape index (κ2) is 11.7. The molecular weight excluding hydrogens is 462 g/mol. The number of hydrazine groups is 1. The summed E-state index contributed by atoms with van der Waals surface area (Å²) in [4.78, 5) is 44.4. The predicted molar refractivity (Wildman–Crippen MR) is 126 cm³/mol. The molecule has 0 spiro atoms. The van der Waals surface area contributed by atoms with Crippen LogP contribution >= 0.6 is 11.3 Å². The minimum atomic E-state index is -0.899. The molecule has 1 aromatic heterocycles. The Balaban J connectivity index is 1.60. The molecule has 1 fully saturated rings. The number of amides is 3. The molecule has 0 unspecified atom stereocenters. The van der Waals surface area contributed by atoms with Crippen molar-refractivity contribution in [1.29, 1.82) is 0 Å². The van der Waals surface area contributed by atoms with E-state index in [1.165, 1.54) is 25.6 Å². The maximum Gasteiger partial charge on any atom is 0.289 e. The van der Waals surface area contributed by atoms with Crippen LogP contribution in [-0.2, 0) is 9.53 Å². The van der Waals surface area contributed by atoms with Crippen LogP contribution in [0.15, 0.2) is 23.6 Å². The third-order valence-electron chi connectivity index (χ3n) is 5.15. The van der Waals surface area contributed by atoms with E-state index in [1.54, 1.807) is 37.4 Å². The fourth-order valence-electron chi connectivity index (χ4n) is 3.23. The zero-order valence-corrected chi connectivity index (χ0v) is 20.4. The standard InChI is InChI=1S/C22H29N5O6S/c1-13(2)18(24-19(28)14-9-15(31-3)11-16(10-14)32-4)21(30)26-25-20(29)17-12-34-22(23-17)27-5-7-33-8-6-27/h9-13,18H,5-8H2,1-4H3,(H,24,28)(H,25,29)(H,26,30)/t18-/m0/s1. The van der Waals surface area contributed by atoms with Gasteiger partial charge in [0.05, 0.1) is 27.4 Å². The summed E-state index contributed by atoms with van der Waals surface area (Å²) >= 11 is 1.35. The van der Waals surface area contributed by atoms with E-state index in [4.69, 9.17) is 14.2 Å². The Bertz CT molecular complexity index is 999. The molecule has 1 aliphatic heterocycles. The molecular formula is C22H29N5O6S. The van der Waals surface area contributed by atoms with Gasteiger partial charge in [0.25, 0.3) is 17.7 Å². The van der Waals surface area contributed by atoms with Gasteiger partial charge in [0.15, 0.2) is 5.13 Å². The van der Waals surface area contributed by atoms with Crippen LogP contribution in [0.25, 0.3) is 0 Å². The average molecular weight is 492 g/mol. The van der Waals surface area contributed by atoms with Gasteiger partial charge >= 0.3 is 0 Å². The molecule has 1 saturated heterocycles. The molecule has 12 heteroatoms. The SMILES string of the molecule is COc1cc(OC)cc(C(=O)N[C@H](C(=O)NNC(=O)c2csc(N3CCOCC3)n2)C(C)C)c1. The largest absolute Gasteiger partial charge is 0.497 e. The summed E-state index contributed by atoms with van der Waals surface area (Å²) in [5, 5.41) is 5.05. The van der Waals surface area contributed by atoms with Crippen LogP contribution in [0.1, 0.15) is 34.7 Å². The van der Waals surface area contributed by atoms with E-state index in [1.807, 2.05) is 4.90 Å². The van der Waals surface area contributed by atoms with E-state index in [2.05, 4.69) is 21.2 Å². The van der Waals surface area contributed by atoms with Gasteiger partial charge in [-0.3, -0.25) is 25.2 Å². The van der Waals surface area contributed by atoms with Crippen molar-refractivity contribution in [3.8, 4) is 11.5 Å². The van der Waals surface area contributed by atoms with Gasteiger partial charge in [-0.2, -0.15) is 0 Å². The van der Waals surface area contributed by atoms with Crippen molar-refractivity contribution >= 4 is 34.2 Å². The molecule has 0 radical (unpaired) electrons. The first-order chi connectivity index (χ1) is 16.3. The number of benzene rings is 1. The summed E-state index contributed by atoms with van der Waals surface area (Å²) in [6, 6.07) is 3.83. The van der Waals surface area contributed by atoms with E-state index >= 15 is 0 Å². The Labute approximate surface area is 201 Å². The highest BCUT2D eigenvalue weighted by atomic mass is 32.1. The van der Waals surface area contributed by atoms with Crippen molar-refractivity contribution < 1.29 is 28.6 Å². The van der Waals surface area contributed by atoms with Crippen molar-refractivity contribution in [2.24, 2.45) is 5.92 Å². The lowest BCUT2D eigenvalue weighted by molar-refractivity contribution is -0.124. The van der Waals surface area contributed by atoms with E-state index in [9.17, 15) is 14.4 Å². The molecule has 1 aliphatic rings. The summed E-state index contributed by atoms with van der Waals surface area (Å²) in [5.74, 6) is -0.942. The number of ether oxygens (including phenoxy) is 3. The average Bonchev–Trinajstić information content (AvgIpc) is 3.36. The molecule has 3 amide bonds. The molecule has 3 rings (SSSR count). The van der Waals surface area contributed by atoms with E-state index in [0.29, 0.717) is 37.8 Å². The summed E-state index contributed by atoms with van der Waals surface area (Å²) in [6.45, 7) is 6.21. The van der Waals surface area contributed by atoms with Crippen molar-refractivity contribution in [3.05, 3.63) is 34.8 Å². The number of morpholine rings is 1. The highest BCUT2D eigenvalue weighted by Crippen LogP contribution is 2.23. The van der Waals surface area contributed by atoms with Crippen LogP contribution in [-0.4, -0.2) is 69.3 Å². The van der Waals surface area contributed by atoms with Gasteiger partial charge in [-0.1, -0.05) is 13.8 Å². The van der Waals surface area contributed by atoms with E-state index in [-0.39, 0.29) is 17.2 Å². The van der Waals surface area contributed by atoms with Crippen LogP contribution in [0.3, 0.4) is 0 Å². The summed E-state index contributed by atoms with van der Waals surface area (Å²) in [7, 11) is 2.96. The highest BCUT2D eigenvalue weighted by molar-refractivity contribution is 7.13. The number of hydrogen-bond donors (Lipinski definition) is 3. The number of carbonyl (C=O) groups is 3. The molecule has 3 N–H and O–H groups in total. The lowest BCUT2D eigenvalue weighted by Gasteiger charge is -2.25. The highest BCUT2D eigenvalue weighted by Gasteiger charge is 2.26. The quantitative estimate of drug-likeness (QED) is 0.470. The Hall–Kier alpha value is -3.38. The summed E-state index contributed by atoms with van der Waals surface area (Å²) < 4.78 is 15.7. The third-order valence-corrected chi connectivity index (χ3v) is 6.06. The number of carbonyl (C=O) groups excluding carboxylic acids is 3. The maximum absolute atomic E-state index is 12.8. The third kappa shape index (κ3) is 6.35. The van der Waals surface area contributed by atoms with Crippen molar-refractivity contribution in [1.82, 2.24) is 21.2 Å². The first-order valence-corrected chi connectivity index (χ1v) is 11.6. The molecule has 34 heavy (non-hydrogen) atoms. The molecule has 11 nitrogen and oxygen atoms in total. The first kappa shape index (κ1) is 25.2. The lowest BCUT2D eigenvalue weighted by atomic mass is 10.0. The zero-order chi connectivity index (χ0) is 24.7. The van der Waals surface area contributed by atoms with Gasteiger partial charge in [0.1, 0.15) is 23.2 Å². The van der Waals surface area contributed by atoms with E-state index in [0.717, 1.165) is 5.13 Å². The summed E-state index contributed by atoms with van der Waals surface area (Å²) in [5.41, 5.74) is 5.22. The first-order valence-electron chi connectivity index (χ1n) is 10.7. The van der Waals surface area contributed by atoms with Crippen LogP contribution < -0.4 is 30.5 Å². The minimum absolute atomic E-state index is 0.195. The molecule has 1 atom stereocenters. The van der Waals surface area contributed by atoms with Crippen LogP contribution in [0.4, 0.5) is 5.13 Å². The topological polar surface area (TPSA) is 131 Å². The lowest BCUT2D eigenvalue weighted by Crippen LogP contribution is -2.54.